The van der Waals surface area contributed by atoms with Crippen molar-refractivity contribution in [1.29, 1.82) is 0 Å². The first-order valence-corrected chi connectivity index (χ1v) is 6.11. The second kappa shape index (κ2) is 5.35. The molecular weight excluding hydrogens is 256 g/mol. The number of aromatic nitrogens is 1. The molecule has 1 aromatic rings. The average Bonchev–Trinajstić information content (AvgIpc) is 2.79. The number of anilines is 1. The smallest absolute Gasteiger partial charge is 0.356 e. The van der Waals surface area contributed by atoms with Gasteiger partial charge in [0.1, 0.15) is 5.82 Å². The van der Waals surface area contributed by atoms with Crippen LogP contribution in [0, 0.1) is 5.92 Å². The van der Waals surface area contributed by atoms with Crippen LogP contribution < -0.4 is 4.90 Å². The van der Waals surface area contributed by atoms with Crippen molar-refractivity contribution in [2.75, 3.05) is 24.4 Å². The van der Waals surface area contributed by atoms with Crippen molar-refractivity contribution in [3.8, 4) is 0 Å². The molecule has 1 aromatic heterocycles. The van der Waals surface area contributed by atoms with E-state index in [1.807, 2.05) is 0 Å². The molecule has 1 atom stereocenters. The van der Waals surface area contributed by atoms with Crippen LogP contribution in [-0.2, 0) is 9.53 Å². The summed E-state index contributed by atoms with van der Waals surface area (Å²) in [4.78, 5) is 28.9. The highest BCUT2D eigenvalue weighted by molar-refractivity contribution is 6.18. The second-order valence-electron chi connectivity index (χ2n) is 4.10. The lowest BCUT2D eigenvalue weighted by atomic mass is 10.1. The Hall–Kier alpha value is -1.62. The standard InChI is InChI=1S/C12H13ClN2O3/c1-18-12(17)9-3-2-4-10(14-9)15-7-8(6-13)5-11(15)16/h2-4,8H,5-7H2,1H3. The molecule has 1 aliphatic heterocycles. The fourth-order valence-corrected chi connectivity index (χ4v) is 2.10. The fraction of sp³-hybridized carbons (Fsp3) is 0.417. The molecule has 1 unspecified atom stereocenters. The number of nitrogens with zero attached hydrogens (tertiary/aromatic N) is 2. The molecule has 1 amide bonds. The Morgan fingerprint density at radius 3 is 3.00 bits per heavy atom. The van der Waals surface area contributed by atoms with Crippen LogP contribution in [0.3, 0.4) is 0 Å². The molecule has 1 fully saturated rings. The first kappa shape index (κ1) is 12.8. The third kappa shape index (κ3) is 2.46. The lowest BCUT2D eigenvalue weighted by Gasteiger charge is -2.15. The number of amides is 1. The van der Waals surface area contributed by atoms with Gasteiger partial charge >= 0.3 is 5.97 Å². The van der Waals surface area contributed by atoms with Crippen molar-refractivity contribution in [2.24, 2.45) is 5.92 Å². The third-order valence-electron chi connectivity index (χ3n) is 2.83. The molecule has 18 heavy (non-hydrogen) atoms. The lowest BCUT2D eigenvalue weighted by molar-refractivity contribution is -0.117. The first-order valence-electron chi connectivity index (χ1n) is 5.57. The van der Waals surface area contributed by atoms with Crippen LogP contribution in [0.1, 0.15) is 16.9 Å². The molecule has 0 bridgehead atoms. The minimum atomic E-state index is -0.516. The van der Waals surface area contributed by atoms with Crippen LogP contribution in [0.15, 0.2) is 18.2 Å². The van der Waals surface area contributed by atoms with Crippen molar-refractivity contribution in [1.82, 2.24) is 4.98 Å². The van der Waals surface area contributed by atoms with Crippen molar-refractivity contribution in [3.05, 3.63) is 23.9 Å². The topological polar surface area (TPSA) is 59.5 Å². The molecule has 0 aliphatic carbocycles. The van der Waals surface area contributed by atoms with Crippen molar-refractivity contribution in [3.63, 3.8) is 0 Å². The Labute approximate surface area is 110 Å². The maximum absolute atomic E-state index is 11.8. The zero-order chi connectivity index (χ0) is 13.1. The number of pyridine rings is 1. The van der Waals surface area contributed by atoms with Gasteiger partial charge < -0.3 is 4.74 Å². The van der Waals surface area contributed by atoms with E-state index in [0.717, 1.165) is 0 Å². The Bertz CT molecular complexity index is 478. The second-order valence-corrected chi connectivity index (χ2v) is 4.41. The third-order valence-corrected chi connectivity index (χ3v) is 3.27. The van der Waals surface area contributed by atoms with Gasteiger partial charge in [-0.2, -0.15) is 0 Å². The van der Waals surface area contributed by atoms with Crippen LogP contribution in [0.2, 0.25) is 0 Å². The zero-order valence-electron chi connectivity index (χ0n) is 9.93. The molecule has 0 saturated carbocycles. The monoisotopic (exact) mass is 268 g/mol. The number of ether oxygens (including phenoxy) is 1. The number of hydrogen-bond donors (Lipinski definition) is 0. The number of carbonyl (C=O) groups is 2. The number of halogens is 1. The van der Waals surface area contributed by atoms with Crippen molar-refractivity contribution < 1.29 is 14.3 Å². The summed E-state index contributed by atoms with van der Waals surface area (Å²) in [6.07, 6.45) is 0.424. The normalized spacial score (nSPS) is 19.1. The van der Waals surface area contributed by atoms with E-state index in [1.54, 1.807) is 23.1 Å². The van der Waals surface area contributed by atoms with E-state index in [0.29, 0.717) is 24.7 Å². The molecule has 96 valence electrons. The summed E-state index contributed by atoms with van der Waals surface area (Å²) in [6.45, 7) is 0.542. The molecule has 1 aliphatic rings. The van der Waals surface area contributed by atoms with Gasteiger partial charge in [-0.25, -0.2) is 9.78 Å². The van der Waals surface area contributed by atoms with E-state index in [2.05, 4.69) is 9.72 Å². The fourth-order valence-electron chi connectivity index (χ4n) is 1.90. The summed E-state index contributed by atoms with van der Waals surface area (Å²) in [5, 5.41) is 0. The van der Waals surface area contributed by atoms with E-state index < -0.39 is 5.97 Å². The molecule has 0 N–H and O–H groups in total. The number of esters is 1. The van der Waals surface area contributed by atoms with Crippen LogP contribution in [0.25, 0.3) is 0 Å². The van der Waals surface area contributed by atoms with Gasteiger partial charge in [0.2, 0.25) is 5.91 Å². The molecular formula is C12H13ClN2O3. The highest BCUT2D eigenvalue weighted by Crippen LogP contribution is 2.24. The number of carbonyl (C=O) groups excluding carboxylic acids is 2. The average molecular weight is 269 g/mol. The maximum atomic E-state index is 11.8. The summed E-state index contributed by atoms with van der Waals surface area (Å²) in [5.41, 5.74) is 0.192. The van der Waals surface area contributed by atoms with Gasteiger partial charge in [-0.3, -0.25) is 9.69 Å². The summed E-state index contributed by atoms with van der Waals surface area (Å²) < 4.78 is 4.60. The summed E-state index contributed by atoms with van der Waals surface area (Å²) >= 11 is 5.76. The predicted octanol–water partition coefficient (Wildman–Crippen LogP) is 1.46. The SMILES string of the molecule is COC(=O)c1cccc(N2CC(CCl)CC2=O)n1. The molecule has 6 heteroatoms. The van der Waals surface area contributed by atoms with E-state index >= 15 is 0 Å². The Morgan fingerprint density at radius 1 is 1.61 bits per heavy atom. The highest BCUT2D eigenvalue weighted by atomic mass is 35.5. The molecule has 5 nitrogen and oxygen atoms in total. The number of methoxy groups -OCH3 is 1. The quantitative estimate of drug-likeness (QED) is 0.615. The largest absolute Gasteiger partial charge is 0.464 e. The van der Waals surface area contributed by atoms with Crippen LogP contribution in [-0.4, -0.2) is 36.4 Å². The Morgan fingerprint density at radius 2 is 2.39 bits per heavy atom. The van der Waals surface area contributed by atoms with Crippen LogP contribution in [0.4, 0.5) is 5.82 Å². The van der Waals surface area contributed by atoms with E-state index in [9.17, 15) is 9.59 Å². The molecule has 0 radical (unpaired) electrons. The van der Waals surface area contributed by atoms with Gasteiger partial charge in [-0.05, 0) is 18.1 Å². The Balaban J connectivity index is 2.24. The molecule has 2 heterocycles. The first-order chi connectivity index (χ1) is 8.65. The molecule has 0 spiro atoms. The van der Waals surface area contributed by atoms with Gasteiger partial charge in [0.25, 0.3) is 0 Å². The van der Waals surface area contributed by atoms with Crippen molar-refractivity contribution in [2.45, 2.75) is 6.42 Å². The van der Waals surface area contributed by atoms with Crippen LogP contribution >= 0.6 is 11.6 Å². The molecule has 1 saturated heterocycles. The van der Waals surface area contributed by atoms with E-state index in [1.165, 1.54) is 7.11 Å². The van der Waals surface area contributed by atoms with E-state index in [4.69, 9.17) is 11.6 Å². The van der Waals surface area contributed by atoms with Gasteiger partial charge in [-0.15, -0.1) is 11.6 Å². The van der Waals surface area contributed by atoms with Gasteiger partial charge in [-0.1, -0.05) is 6.07 Å². The van der Waals surface area contributed by atoms with Crippen molar-refractivity contribution >= 4 is 29.3 Å². The highest BCUT2D eigenvalue weighted by Gasteiger charge is 2.31. The summed E-state index contributed by atoms with van der Waals surface area (Å²) in [6, 6.07) is 4.92. The molecule has 0 aromatic carbocycles. The Kier molecular flexibility index (Phi) is 3.81. The van der Waals surface area contributed by atoms with Gasteiger partial charge in [0.05, 0.1) is 7.11 Å². The maximum Gasteiger partial charge on any atom is 0.356 e. The molecule has 2 rings (SSSR count). The minimum absolute atomic E-state index is 0.0184. The van der Waals surface area contributed by atoms with Gasteiger partial charge in [0, 0.05) is 18.8 Å². The predicted molar refractivity (Wildman–Crippen MR) is 66.8 cm³/mol. The van der Waals surface area contributed by atoms with E-state index in [-0.39, 0.29) is 17.5 Å². The van der Waals surface area contributed by atoms with Crippen LogP contribution in [0.5, 0.6) is 0 Å². The summed E-state index contributed by atoms with van der Waals surface area (Å²) in [5.74, 6) is 0.518. The number of alkyl halides is 1. The lowest BCUT2D eigenvalue weighted by Crippen LogP contribution is -2.26. The zero-order valence-corrected chi connectivity index (χ0v) is 10.7. The minimum Gasteiger partial charge on any atom is -0.464 e. The number of hydrogen-bond acceptors (Lipinski definition) is 4. The summed E-state index contributed by atoms with van der Waals surface area (Å²) in [7, 11) is 1.29. The van der Waals surface area contributed by atoms with Gasteiger partial charge in [0.15, 0.2) is 5.69 Å². The number of rotatable bonds is 3.